The summed E-state index contributed by atoms with van der Waals surface area (Å²) >= 11 is 0. The van der Waals surface area contributed by atoms with Gasteiger partial charge >= 0.3 is 0 Å². The van der Waals surface area contributed by atoms with Crippen molar-refractivity contribution in [2.24, 2.45) is 0 Å². The molecule has 0 saturated carbocycles. The number of rotatable bonds is 10. The summed E-state index contributed by atoms with van der Waals surface area (Å²) in [6, 6.07) is 15.9. The number of fused-ring (bicyclic) bond motifs is 1. The Kier molecular flexibility index (Phi) is 9.56. The second-order valence-corrected chi connectivity index (χ2v) is 10.3. The number of ether oxygens (including phenoxy) is 2. The number of pyridine rings is 1. The Balaban J connectivity index is 1.45. The number of aromatic nitrogens is 1. The highest BCUT2D eigenvalue weighted by molar-refractivity contribution is 5.93. The average molecular weight is 543 g/mol. The van der Waals surface area contributed by atoms with Crippen molar-refractivity contribution in [3.8, 4) is 11.5 Å². The lowest BCUT2D eigenvalue weighted by molar-refractivity contribution is -0.125. The Morgan fingerprint density at radius 2 is 1.95 bits per heavy atom. The number of nitrogens with zero attached hydrogens (tertiary/aromatic N) is 3. The monoisotopic (exact) mass is 542 g/mol. The standard InChI is InChI=1S/C32H38N4O4/c1-6-40-31-25(8-7-9-28(31)22(2)3)19-35(4)30(38)15-12-24-16-26-20-36(21-29(37)34-32(26)33-17-24)18-23-10-13-27(39-5)14-11-23/h7-17,22H,6,18-21H2,1-5H3,(H,33,34,37)/b15-12-. The number of nitrogens with one attached hydrogen (secondary N) is 1. The Labute approximate surface area is 236 Å². The summed E-state index contributed by atoms with van der Waals surface area (Å²) in [6.07, 6.45) is 4.99. The molecule has 8 heteroatoms. The molecule has 1 aliphatic heterocycles. The van der Waals surface area contributed by atoms with Crippen LogP contribution in [0.5, 0.6) is 11.5 Å². The van der Waals surface area contributed by atoms with Gasteiger partial charge in [0.05, 0.1) is 20.3 Å². The number of benzene rings is 2. The third kappa shape index (κ3) is 7.27. The summed E-state index contributed by atoms with van der Waals surface area (Å²) < 4.78 is 11.2. The van der Waals surface area contributed by atoms with Crippen LogP contribution in [0.3, 0.4) is 0 Å². The predicted octanol–water partition coefficient (Wildman–Crippen LogP) is 5.24. The molecule has 1 aliphatic rings. The largest absolute Gasteiger partial charge is 0.497 e. The van der Waals surface area contributed by atoms with Crippen molar-refractivity contribution in [2.75, 3.05) is 32.6 Å². The van der Waals surface area contributed by atoms with Crippen LogP contribution in [0.4, 0.5) is 5.82 Å². The van der Waals surface area contributed by atoms with Crippen LogP contribution >= 0.6 is 0 Å². The van der Waals surface area contributed by atoms with Gasteiger partial charge in [0.2, 0.25) is 11.8 Å². The van der Waals surface area contributed by atoms with E-state index in [4.69, 9.17) is 9.47 Å². The normalized spacial score (nSPS) is 13.6. The second-order valence-electron chi connectivity index (χ2n) is 10.3. The minimum absolute atomic E-state index is 0.104. The average Bonchev–Trinajstić information content (AvgIpc) is 3.09. The van der Waals surface area contributed by atoms with Crippen LogP contribution in [0.1, 0.15) is 54.5 Å². The highest BCUT2D eigenvalue weighted by Crippen LogP contribution is 2.31. The number of para-hydroxylation sites is 1. The van der Waals surface area contributed by atoms with Crippen LogP contribution in [0, 0.1) is 0 Å². The molecule has 0 unspecified atom stereocenters. The van der Waals surface area contributed by atoms with Gasteiger partial charge in [-0.2, -0.15) is 0 Å². The van der Waals surface area contributed by atoms with Crippen LogP contribution in [-0.4, -0.2) is 53.9 Å². The number of methoxy groups -OCH3 is 1. The first-order valence-corrected chi connectivity index (χ1v) is 13.6. The maximum atomic E-state index is 13.0. The fraction of sp³-hybridized carbons (Fsp3) is 0.344. The van der Waals surface area contributed by atoms with Crippen LogP contribution in [0.2, 0.25) is 0 Å². The topological polar surface area (TPSA) is 84.0 Å². The predicted molar refractivity (Wildman–Crippen MR) is 157 cm³/mol. The number of carbonyl (C=O) groups is 2. The molecule has 1 aromatic heterocycles. The molecule has 0 aliphatic carbocycles. The van der Waals surface area contributed by atoms with E-state index in [-0.39, 0.29) is 18.4 Å². The minimum Gasteiger partial charge on any atom is -0.497 e. The first kappa shape index (κ1) is 28.8. The van der Waals surface area contributed by atoms with Gasteiger partial charge in [0.25, 0.3) is 0 Å². The number of carbonyl (C=O) groups excluding carboxylic acids is 2. The van der Waals surface area contributed by atoms with Crippen LogP contribution in [0.15, 0.2) is 60.8 Å². The molecule has 0 fully saturated rings. The molecule has 0 saturated heterocycles. The highest BCUT2D eigenvalue weighted by Gasteiger charge is 2.21. The van der Waals surface area contributed by atoms with Gasteiger partial charge in [-0.05, 0) is 53.8 Å². The Morgan fingerprint density at radius 1 is 1.18 bits per heavy atom. The van der Waals surface area contributed by atoms with E-state index < -0.39 is 0 Å². The molecule has 3 aromatic rings. The summed E-state index contributed by atoms with van der Waals surface area (Å²) in [5.41, 5.74) is 4.89. The molecule has 1 N–H and O–H groups in total. The number of hydrogen-bond donors (Lipinski definition) is 1. The van der Waals surface area contributed by atoms with Crippen molar-refractivity contribution in [3.05, 3.63) is 88.6 Å². The van der Waals surface area contributed by atoms with Crippen LogP contribution < -0.4 is 14.8 Å². The first-order chi connectivity index (χ1) is 19.3. The maximum Gasteiger partial charge on any atom is 0.246 e. The number of amides is 2. The molecule has 8 nitrogen and oxygen atoms in total. The van der Waals surface area contributed by atoms with Crippen molar-refractivity contribution in [3.63, 3.8) is 0 Å². The van der Waals surface area contributed by atoms with E-state index in [1.165, 1.54) is 0 Å². The quantitative estimate of drug-likeness (QED) is 0.353. The zero-order valence-corrected chi connectivity index (χ0v) is 23.9. The van der Waals surface area contributed by atoms with Crippen molar-refractivity contribution in [1.82, 2.24) is 14.8 Å². The summed E-state index contributed by atoms with van der Waals surface area (Å²) in [4.78, 5) is 33.7. The van der Waals surface area contributed by atoms with Gasteiger partial charge in [0.1, 0.15) is 17.3 Å². The molecule has 0 radical (unpaired) electrons. The zero-order valence-electron chi connectivity index (χ0n) is 23.9. The van der Waals surface area contributed by atoms with Gasteiger partial charge in [-0.25, -0.2) is 4.98 Å². The lowest BCUT2D eigenvalue weighted by Gasteiger charge is -2.21. The second kappa shape index (κ2) is 13.3. The molecule has 2 amide bonds. The van der Waals surface area contributed by atoms with Crippen molar-refractivity contribution >= 4 is 23.7 Å². The van der Waals surface area contributed by atoms with Gasteiger partial charge < -0.3 is 19.7 Å². The van der Waals surface area contributed by atoms with E-state index in [2.05, 4.69) is 35.1 Å². The van der Waals surface area contributed by atoms with Gasteiger partial charge in [-0.3, -0.25) is 14.5 Å². The van der Waals surface area contributed by atoms with E-state index in [1.54, 1.807) is 37.4 Å². The Morgan fingerprint density at radius 3 is 2.65 bits per heavy atom. The number of hydrogen-bond acceptors (Lipinski definition) is 6. The fourth-order valence-corrected chi connectivity index (χ4v) is 4.76. The summed E-state index contributed by atoms with van der Waals surface area (Å²) in [5, 5.41) is 2.90. The Bertz CT molecular complexity index is 1370. The molecule has 2 aromatic carbocycles. The van der Waals surface area contributed by atoms with E-state index in [1.807, 2.05) is 49.4 Å². The third-order valence-electron chi connectivity index (χ3n) is 6.81. The molecular weight excluding hydrogens is 504 g/mol. The molecule has 0 atom stereocenters. The van der Waals surface area contributed by atoms with Crippen LogP contribution in [-0.2, 0) is 29.2 Å². The molecule has 0 spiro atoms. The summed E-state index contributed by atoms with van der Waals surface area (Å²) in [6.45, 7) is 8.67. The number of anilines is 1. The van der Waals surface area contributed by atoms with Gasteiger partial charge in [0, 0.05) is 50.1 Å². The van der Waals surface area contributed by atoms with Crippen molar-refractivity contribution < 1.29 is 19.1 Å². The van der Waals surface area contributed by atoms with E-state index >= 15 is 0 Å². The fourth-order valence-electron chi connectivity index (χ4n) is 4.76. The van der Waals surface area contributed by atoms with Crippen molar-refractivity contribution in [2.45, 2.75) is 46.3 Å². The molecule has 4 rings (SSSR count). The molecule has 210 valence electrons. The lowest BCUT2D eigenvalue weighted by Crippen LogP contribution is -2.29. The lowest BCUT2D eigenvalue weighted by atomic mass is 9.99. The van der Waals surface area contributed by atoms with E-state index in [0.29, 0.717) is 38.0 Å². The van der Waals surface area contributed by atoms with Crippen LogP contribution in [0.25, 0.3) is 6.08 Å². The smallest absolute Gasteiger partial charge is 0.246 e. The van der Waals surface area contributed by atoms with Gasteiger partial charge in [0.15, 0.2) is 0 Å². The van der Waals surface area contributed by atoms with E-state index in [9.17, 15) is 9.59 Å². The third-order valence-corrected chi connectivity index (χ3v) is 6.81. The van der Waals surface area contributed by atoms with Crippen molar-refractivity contribution in [1.29, 1.82) is 0 Å². The SMILES string of the molecule is CCOc1c(CN(C)C(=O)/C=C\c2cnc3c(c2)CN(Cc2ccc(OC)cc2)CC(=O)N3)cccc1C(C)C. The highest BCUT2D eigenvalue weighted by atomic mass is 16.5. The molecule has 2 heterocycles. The number of likely N-dealkylation sites (N-methyl/N-ethyl adjacent to an activating group) is 1. The molecule has 40 heavy (non-hydrogen) atoms. The van der Waals surface area contributed by atoms with Gasteiger partial charge in [-0.1, -0.05) is 44.2 Å². The van der Waals surface area contributed by atoms with Gasteiger partial charge in [-0.15, -0.1) is 0 Å². The maximum absolute atomic E-state index is 13.0. The van der Waals surface area contributed by atoms with E-state index in [0.717, 1.165) is 39.3 Å². The first-order valence-electron chi connectivity index (χ1n) is 13.6. The molecule has 0 bridgehead atoms. The zero-order chi connectivity index (χ0) is 28.6. The summed E-state index contributed by atoms with van der Waals surface area (Å²) in [7, 11) is 3.42. The molecular formula is C32H38N4O4. The Hall–Kier alpha value is -4.17. The summed E-state index contributed by atoms with van der Waals surface area (Å²) in [5.74, 6) is 2.30. The minimum atomic E-state index is -0.123.